The van der Waals surface area contributed by atoms with Gasteiger partial charge in [-0.1, -0.05) is 0 Å². The first-order valence-electron chi connectivity index (χ1n) is 5.29. The van der Waals surface area contributed by atoms with Crippen LogP contribution in [0.1, 0.15) is 19.4 Å². The van der Waals surface area contributed by atoms with Gasteiger partial charge in [0.2, 0.25) is 0 Å². The standard InChI is InChI=1S/C11H11F3N2O4/c1-10(2,9(15)17)20-8-4-3-6(11(12,13)14)5-7(8)16(18)19/h3-5H,1-2H3,(H2,15,17). The van der Waals surface area contributed by atoms with Crippen molar-refractivity contribution in [3.8, 4) is 5.75 Å². The summed E-state index contributed by atoms with van der Waals surface area (Å²) in [6.45, 7) is 2.49. The second kappa shape index (κ2) is 4.99. The maximum absolute atomic E-state index is 12.5. The summed E-state index contributed by atoms with van der Waals surface area (Å²) in [5, 5.41) is 10.8. The Morgan fingerprint density at radius 2 is 1.90 bits per heavy atom. The van der Waals surface area contributed by atoms with Crippen molar-refractivity contribution in [2.24, 2.45) is 5.73 Å². The zero-order valence-corrected chi connectivity index (χ0v) is 10.5. The van der Waals surface area contributed by atoms with Crippen LogP contribution in [0, 0.1) is 10.1 Å². The molecule has 20 heavy (non-hydrogen) atoms. The van der Waals surface area contributed by atoms with Gasteiger partial charge < -0.3 is 10.5 Å². The van der Waals surface area contributed by atoms with Crippen molar-refractivity contribution in [2.45, 2.75) is 25.6 Å². The van der Waals surface area contributed by atoms with Gasteiger partial charge in [-0.05, 0) is 26.0 Å². The Labute approximate surface area is 111 Å². The highest BCUT2D eigenvalue weighted by Gasteiger charge is 2.35. The Bertz CT molecular complexity index is 555. The molecule has 0 unspecified atom stereocenters. The maximum atomic E-state index is 12.5. The summed E-state index contributed by atoms with van der Waals surface area (Å²) in [5.41, 5.74) is 1.36. The molecule has 0 heterocycles. The van der Waals surface area contributed by atoms with Crippen LogP contribution in [0.15, 0.2) is 18.2 Å². The van der Waals surface area contributed by atoms with E-state index in [4.69, 9.17) is 10.5 Å². The van der Waals surface area contributed by atoms with Gasteiger partial charge in [-0.25, -0.2) is 0 Å². The highest BCUT2D eigenvalue weighted by Crippen LogP contribution is 2.37. The first-order valence-corrected chi connectivity index (χ1v) is 5.29. The smallest absolute Gasteiger partial charge is 0.416 e. The van der Waals surface area contributed by atoms with E-state index >= 15 is 0 Å². The van der Waals surface area contributed by atoms with Crippen LogP contribution in [0.5, 0.6) is 5.75 Å². The Morgan fingerprint density at radius 3 is 2.30 bits per heavy atom. The van der Waals surface area contributed by atoms with Crippen molar-refractivity contribution in [1.82, 2.24) is 0 Å². The van der Waals surface area contributed by atoms with E-state index in [-0.39, 0.29) is 0 Å². The fourth-order valence-electron chi connectivity index (χ4n) is 1.25. The van der Waals surface area contributed by atoms with Gasteiger partial charge in [0.1, 0.15) is 0 Å². The summed E-state index contributed by atoms with van der Waals surface area (Å²) >= 11 is 0. The van der Waals surface area contributed by atoms with Gasteiger partial charge in [0.05, 0.1) is 10.5 Å². The number of halogens is 3. The van der Waals surface area contributed by atoms with E-state index < -0.39 is 39.6 Å². The quantitative estimate of drug-likeness (QED) is 0.680. The van der Waals surface area contributed by atoms with Gasteiger partial charge in [-0.2, -0.15) is 13.2 Å². The minimum atomic E-state index is -4.72. The lowest BCUT2D eigenvalue weighted by Crippen LogP contribution is -2.43. The molecule has 0 saturated carbocycles. The maximum Gasteiger partial charge on any atom is 0.416 e. The number of nitro groups is 1. The normalized spacial score (nSPS) is 12.1. The van der Waals surface area contributed by atoms with Crippen molar-refractivity contribution in [3.63, 3.8) is 0 Å². The van der Waals surface area contributed by atoms with Crippen molar-refractivity contribution >= 4 is 11.6 Å². The van der Waals surface area contributed by atoms with Crippen LogP contribution in [0.25, 0.3) is 0 Å². The summed E-state index contributed by atoms with van der Waals surface area (Å²) in [4.78, 5) is 20.9. The molecule has 110 valence electrons. The van der Waals surface area contributed by atoms with Crippen molar-refractivity contribution < 1.29 is 27.6 Å². The number of rotatable bonds is 4. The lowest BCUT2D eigenvalue weighted by atomic mass is 10.1. The van der Waals surface area contributed by atoms with Crippen molar-refractivity contribution in [3.05, 3.63) is 33.9 Å². The molecule has 6 nitrogen and oxygen atoms in total. The molecule has 0 spiro atoms. The molecule has 0 radical (unpaired) electrons. The van der Waals surface area contributed by atoms with Gasteiger partial charge in [-0.3, -0.25) is 14.9 Å². The fraction of sp³-hybridized carbons (Fsp3) is 0.364. The van der Waals surface area contributed by atoms with Crippen LogP contribution in [0.4, 0.5) is 18.9 Å². The van der Waals surface area contributed by atoms with Gasteiger partial charge >= 0.3 is 11.9 Å². The third-order valence-electron chi connectivity index (χ3n) is 2.44. The zero-order chi connectivity index (χ0) is 15.7. The second-order valence-corrected chi connectivity index (χ2v) is 4.41. The van der Waals surface area contributed by atoms with E-state index in [9.17, 15) is 28.1 Å². The van der Waals surface area contributed by atoms with E-state index in [1.807, 2.05) is 0 Å². The number of carbonyl (C=O) groups excluding carboxylic acids is 1. The first-order chi connectivity index (χ1) is 8.95. The Morgan fingerprint density at radius 1 is 1.35 bits per heavy atom. The van der Waals surface area contributed by atoms with E-state index in [0.717, 1.165) is 6.07 Å². The van der Waals surface area contributed by atoms with Gasteiger partial charge in [-0.15, -0.1) is 0 Å². The Kier molecular flexibility index (Phi) is 3.92. The highest BCUT2D eigenvalue weighted by molar-refractivity contribution is 5.83. The number of ether oxygens (including phenoxy) is 1. The number of primary amides is 1. The van der Waals surface area contributed by atoms with Crippen LogP contribution in [-0.2, 0) is 11.0 Å². The van der Waals surface area contributed by atoms with Crippen LogP contribution in [-0.4, -0.2) is 16.4 Å². The number of benzene rings is 1. The summed E-state index contributed by atoms with van der Waals surface area (Å²) in [6, 6.07) is 1.75. The molecule has 0 bridgehead atoms. The molecule has 0 aliphatic rings. The molecule has 0 aromatic heterocycles. The summed E-state index contributed by atoms with van der Waals surface area (Å²) in [6.07, 6.45) is -4.72. The molecule has 0 fully saturated rings. The van der Waals surface area contributed by atoms with E-state index in [0.29, 0.717) is 12.1 Å². The third-order valence-corrected chi connectivity index (χ3v) is 2.44. The lowest BCUT2D eigenvalue weighted by molar-refractivity contribution is -0.386. The summed E-state index contributed by atoms with van der Waals surface area (Å²) in [5.74, 6) is -1.38. The molecule has 0 aliphatic carbocycles. The van der Waals surface area contributed by atoms with E-state index in [1.165, 1.54) is 13.8 Å². The molecule has 1 amide bonds. The lowest BCUT2D eigenvalue weighted by Gasteiger charge is -2.22. The molecule has 9 heteroatoms. The predicted octanol–water partition coefficient (Wildman–Crippen LogP) is 2.26. The average molecular weight is 292 g/mol. The SMILES string of the molecule is CC(C)(Oc1ccc(C(F)(F)F)cc1[N+](=O)[O-])C(N)=O. The molecular weight excluding hydrogens is 281 g/mol. The van der Waals surface area contributed by atoms with Crippen LogP contribution >= 0.6 is 0 Å². The highest BCUT2D eigenvalue weighted by atomic mass is 19.4. The van der Waals surface area contributed by atoms with Gasteiger partial charge in [0.25, 0.3) is 5.91 Å². The topological polar surface area (TPSA) is 95.5 Å². The van der Waals surface area contributed by atoms with E-state index in [1.54, 1.807) is 0 Å². The zero-order valence-electron chi connectivity index (χ0n) is 10.5. The molecule has 1 aromatic carbocycles. The van der Waals surface area contributed by atoms with Crippen LogP contribution in [0.3, 0.4) is 0 Å². The molecule has 0 saturated heterocycles. The van der Waals surface area contributed by atoms with Crippen LogP contribution < -0.4 is 10.5 Å². The number of nitrogens with two attached hydrogens (primary N) is 1. The number of nitro benzene ring substituents is 1. The van der Waals surface area contributed by atoms with E-state index in [2.05, 4.69) is 0 Å². The molecule has 1 rings (SSSR count). The first kappa shape index (κ1) is 15.7. The Balaban J connectivity index is 3.28. The predicted molar refractivity (Wildman–Crippen MR) is 62.0 cm³/mol. The van der Waals surface area contributed by atoms with Gasteiger partial charge in [0, 0.05) is 6.07 Å². The number of hydrogen-bond donors (Lipinski definition) is 1. The molecule has 0 atom stereocenters. The number of carbonyl (C=O) groups is 1. The third kappa shape index (κ3) is 3.37. The Hall–Kier alpha value is -2.32. The number of hydrogen-bond acceptors (Lipinski definition) is 4. The number of nitrogens with zero attached hydrogens (tertiary/aromatic N) is 1. The van der Waals surface area contributed by atoms with Crippen molar-refractivity contribution in [1.29, 1.82) is 0 Å². The summed E-state index contributed by atoms with van der Waals surface area (Å²) in [7, 11) is 0. The average Bonchev–Trinajstić information content (AvgIpc) is 2.26. The molecule has 2 N–H and O–H groups in total. The minimum absolute atomic E-state index is 0.340. The van der Waals surface area contributed by atoms with Crippen LogP contribution in [0.2, 0.25) is 0 Å². The summed E-state index contributed by atoms with van der Waals surface area (Å²) < 4.78 is 42.5. The van der Waals surface area contributed by atoms with Gasteiger partial charge in [0.15, 0.2) is 11.4 Å². The number of amides is 1. The second-order valence-electron chi connectivity index (χ2n) is 4.41. The van der Waals surface area contributed by atoms with Crippen molar-refractivity contribution in [2.75, 3.05) is 0 Å². The molecule has 0 aliphatic heterocycles. The monoisotopic (exact) mass is 292 g/mol. The number of alkyl halides is 3. The largest absolute Gasteiger partial charge is 0.471 e. The molecular formula is C11H11F3N2O4. The fourth-order valence-corrected chi connectivity index (χ4v) is 1.25. The minimum Gasteiger partial charge on any atom is -0.471 e. The molecule has 1 aromatic rings.